The van der Waals surface area contributed by atoms with Gasteiger partial charge in [0.1, 0.15) is 0 Å². The van der Waals surface area contributed by atoms with Crippen molar-refractivity contribution < 1.29 is 0 Å². The molecule has 3 rings (SSSR count). The van der Waals surface area contributed by atoms with Crippen LogP contribution in [0.15, 0.2) is 47.1 Å². The maximum absolute atomic E-state index is 5.80. The van der Waals surface area contributed by atoms with Crippen LogP contribution < -0.4 is 11.3 Å². The summed E-state index contributed by atoms with van der Waals surface area (Å²) in [4.78, 5) is 4.48. The van der Waals surface area contributed by atoms with Crippen LogP contribution in [0.3, 0.4) is 0 Å². The molecule has 0 bridgehead atoms. The second kappa shape index (κ2) is 6.04. The molecule has 1 saturated carbocycles. The Bertz CT molecular complexity index is 579. The molecular weight excluding hydrogens is 314 g/mol. The molecule has 104 valence electrons. The van der Waals surface area contributed by atoms with Crippen molar-refractivity contribution in [1.82, 2.24) is 10.4 Å². The van der Waals surface area contributed by atoms with E-state index in [4.69, 9.17) is 5.84 Å². The number of halogens is 1. The van der Waals surface area contributed by atoms with E-state index in [0.717, 1.165) is 10.2 Å². The van der Waals surface area contributed by atoms with E-state index < -0.39 is 0 Å². The van der Waals surface area contributed by atoms with E-state index in [1.807, 2.05) is 18.3 Å². The van der Waals surface area contributed by atoms with E-state index >= 15 is 0 Å². The topological polar surface area (TPSA) is 50.9 Å². The number of nitrogens with one attached hydrogen (secondary N) is 1. The molecule has 1 fully saturated rings. The molecule has 0 saturated heterocycles. The van der Waals surface area contributed by atoms with Gasteiger partial charge in [0.05, 0.1) is 11.7 Å². The predicted molar refractivity (Wildman–Crippen MR) is 84.1 cm³/mol. The minimum atomic E-state index is -0.0556. The van der Waals surface area contributed by atoms with Crippen LogP contribution in [0, 0.1) is 0 Å². The van der Waals surface area contributed by atoms with Gasteiger partial charge in [-0.05, 0) is 57.9 Å². The van der Waals surface area contributed by atoms with Crippen LogP contribution in [0.25, 0.3) is 0 Å². The summed E-state index contributed by atoms with van der Waals surface area (Å²) in [6, 6.07) is 12.5. The summed E-state index contributed by atoms with van der Waals surface area (Å²) in [6.07, 6.45) is 5.70. The van der Waals surface area contributed by atoms with Gasteiger partial charge in [-0.2, -0.15) is 0 Å². The Hall–Kier alpha value is -1.23. The maximum Gasteiger partial charge on any atom is 0.0884 e. The number of rotatable bonds is 4. The Morgan fingerprint density at radius 3 is 2.60 bits per heavy atom. The van der Waals surface area contributed by atoms with Crippen LogP contribution >= 0.6 is 15.9 Å². The van der Waals surface area contributed by atoms with E-state index in [-0.39, 0.29) is 6.04 Å². The fraction of sp³-hybridized carbons (Fsp3) is 0.312. The average molecular weight is 332 g/mol. The molecule has 0 aliphatic heterocycles. The number of nitrogens with zero attached hydrogens (tertiary/aromatic N) is 1. The second-order valence-corrected chi connectivity index (χ2v) is 6.17. The third-order valence-corrected chi connectivity index (χ3v) is 4.53. The summed E-state index contributed by atoms with van der Waals surface area (Å²) in [7, 11) is 0. The zero-order valence-electron chi connectivity index (χ0n) is 11.2. The van der Waals surface area contributed by atoms with Crippen LogP contribution in [0.1, 0.15) is 48.0 Å². The van der Waals surface area contributed by atoms with Gasteiger partial charge in [0.25, 0.3) is 0 Å². The molecule has 1 heterocycles. The van der Waals surface area contributed by atoms with E-state index in [2.05, 4.69) is 50.6 Å². The highest BCUT2D eigenvalue weighted by Crippen LogP contribution is 2.40. The smallest absolute Gasteiger partial charge is 0.0884 e. The van der Waals surface area contributed by atoms with Crippen molar-refractivity contribution in [3.05, 3.63) is 63.9 Å². The standard InChI is InChI=1S/C16H18BrN3/c17-12-8-9-15(19-10-12)16(20-18)14-7-2-1-6-13(14)11-4-3-5-11/h1-2,6-11,16,20H,3-5,18H2. The number of nitrogens with two attached hydrogens (primary N) is 1. The van der Waals surface area contributed by atoms with Crippen molar-refractivity contribution in [1.29, 1.82) is 0 Å². The van der Waals surface area contributed by atoms with Crippen molar-refractivity contribution in [2.75, 3.05) is 0 Å². The monoisotopic (exact) mass is 331 g/mol. The first kappa shape index (κ1) is 13.7. The lowest BCUT2D eigenvalue weighted by Crippen LogP contribution is -2.31. The lowest BCUT2D eigenvalue weighted by atomic mass is 9.77. The summed E-state index contributed by atoms with van der Waals surface area (Å²) in [5.74, 6) is 6.48. The molecule has 0 radical (unpaired) electrons. The molecule has 0 spiro atoms. The number of benzene rings is 1. The normalized spacial score (nSPS) is 16.7. The summed E-state index contributed by atoms with van der Waals surface area (Å²) >= 11 is 3.42. The van der Waals surface area contributed by atoms with Crippen LogP contribution in [0.2, 0.25) is 0 Å². The predicted octanol–water partition coefficient (Wildman–Crippen LogP) is 3.66. The Balaban J connectivity index is 1.98. The highest BCUT2D eigenvalue weighted by atomic mass is 79.9. The quantitative estimate of drug-likeness (QED) is 0.664. The van der Waals surface area contributed by atoms with Gasteiger partial charge < -0.3 is 0 Å². The third-order valence-electron chi connectivity index (χ3n) is 4.06. The summed E-state index contributed by atoms with van der Waals surface area (Å²) in [5.41, 5.74) is 6.52. The van der Waals surface area contributed by atoms with Gasteiger partial charge in [-0.3, -0.25) is 10.8 Å². The minimum Gasteiger partial charge on any atom is -0.271 e. The van der Waals surface area contributed by atoms with Crippen molar-refractivity contribution in [2.45, 2.75) is 31.2 Å². The number of hydrogen-bond donors (Lipinski definition) is 2. The molecule has 1 unspecified atom stereocenters. The summed E-state index contributed by atoms with van der Waals surface area (Å²) in [5, 5.41) is 0. The van der Waals surface area contributed by atoms with E-state index in [1.54, 1.807) is 0 Å². The maximum atomic E-state index is 5.80. The van der Waals surface area contributed by atoms with Crippen molar-refractivity contribution in [3.8, 4) is 0 Å². The van der Waals surface area contributed by atoms with Gasteiger partial charge in [-0.1, -0.05) is 30.7 Å². The largest absolute Gasteiger partial charge is 0.271 e. The molecule has 0 amide bonds. The lowest BCUT2D eigenvalue weighted by molar-refractivity contribution is 0.414. The molecule has 3 nitrogen and oxygen atoms in total. The van der Waals surface area contributed by atoms with Crippen molar-refractivity contribution >= 4 is 15.9 Å². The van der Waals surface area contributed by atoms with Crippen molar-refractivity contribution in [2.24, 2.45) is 5.84 Å². The Morgan fingerprint density at radius 1 is 1.20 bits per heavy atom. The second-order valence-electron chi connectivity index (χ2n) is 5.26. The van der Waals surface area contributed by atoms with E-state index in [9.17, 15) is 0 Å². The Labute approximate surface area is 127 Å². The molecule has 20 heavy (non-hydrogen) atoms. The highest BCUT2D eigenvalue weighted by Gasteiger charge is 2.25. The molecule has 2 aromatic rings. The van der Waals surface area contributed by atoms with E-state index in [1.165, 1.54) is 30.4 Å². The average Bonchev–Trinajstić information content (AvgIpc) is 2.41. The first-order chi connectivity index (χ1) is 9.79. The zero-order chi connectivity index (χ0) is 13.9. The first-order valence-electron chi connectivity index (χ1n) is 6.96. The lowest BCUT2D eigenvalue weighted by Gasteiger charge is -2.30. The van der Waals surface area contributed by atoms with Crippen LogP contribution in [0.4, 0.5) is 0 Å². The van der Waals surface area contributed by atoms with E-state index in [0.29, 0.717) is 5.92 Å². The Kier molecular flexibility index (Phi) is 4.15. The van der Waals surface area contributed by atoms with Gasteiger partial charge in [0, 0.05) is 10.7 Å². The van der Waals surface area contributed by atoms with Gasteiger partial charge in [-0.25, -0.2) is 5.43 Å². The molecule has 4 heteroatoms. The summed E-state index contributed by atoms with van der Waals surface area (Å²) < 4.78 is 0.976. The van der Waals surface area contributed by atoms with Gasteiger partial charge >= 0.3 is 0 Å². The van der Waals surface area contributed by atoms with Crippen molar-refractivity contribution in [3.63, 3.8) is 0 Å². The van der Waals surface area contributed by atoms with Crippen LogP contribution in [-0.4, -0.2) is 4.98 Å². The third kappa shape index (κ3) is 2.64. The molecule has 1 aromatic carbocycles. The number of hydrazine groups is 1. The molecule has 3 N–H and O–H groups in total. The molecule has 1 aliphatic carbocycles. The minimum absolute atomic E-state index is 0.0556. The number of hydrogen-bond acceptors (Lipinski definition) is 3. The first-order valence-corrected chi connectivity index (χ1v) is 7.75. The molecule has 1 aromatic heterocycles. The van der Waals surface area contributed by atoms with Crippen LogP contribution in [-0.2, 0) is 0 Å². The van der Waals surface area contributed by atoms with Gasteiger partial charge in [0.15, 0.2) is 0 Å². The number of aromatic nitrogens is 1. The SMILES string of the molecule is NNC(c1ccc(Br)cn1)c1ccccc1C1CCC1. The molecule has 1 atom stereocenters. The van der Waals surface area contributed by atoms with Crippen LogP contribution in [0.5, 0.6) is 0 Å². The van der Waals surface area contributed by atoms with Gasteiger partial charge in [0.2, 0.25) is 0 Å². The Morgan fingerprint density at radius 2 is 2.00 bits per heavy atom. The van der Waals surface area contributed by atoms with Gasteiger partial charge in [-0.15, -0.1) is 0 Å². The fourth-order valence-electron chi connectivity index (χ4n) is 2.76. The molecule has 1 aliphatic rings. The summed E-state index contributed by atoms with van der Waals surface area (Å²) in [6.45, 7) is 0. The molecular formula is C16H18BrN3. The fourth-order valence-corrected chi connectivity index (χ4v) is 2.99. The number of pyridine rings is 1. The zero-order valence-corrected chi connectivity index (χ0v) is 12.8. The highest BCUT2D eigenvalue weighted by molar-refractivity contribution is 9.10.